The molecular weight excluding hydrogens is 311 g/mol. The van der Waals surface area contributed by atoms with Gasteiger partial charge >= 0.3 is 0 Å². The molecule has 2 heterocycles. The number of aliphatic hydroxyl groups is 1. The second-order valence-corrected chi connectivity index (χ2v) is 5.60. The fraction of sp³-hybridized carbons (Fsp3) is 0.312. The van der Waals surface area contributed by atoms with Crippen LogP contribution in [0.5, 0.6) is 0 Å². The maximum absolute atomic E-state index is 13.4. The molecule has 24 heavy (non-hydrogen) atoms. The summed E-state index contributed by atoms with van der Waals surface area (Å²) in [6.07, 6.45) is 1.69. The molecule has 0 aliphatic carbocycles. The van der Waals surface area contributed by atoms with E-state index in [1.165, 1.54) is 12.1 Å². The van der Waals surface area contributed by atoms with Crippen LogP contribution in [-0.4, -0.2) is 38.0 Å². The summed E-state index contributed by atoms with van der Waals surface area (Å²) in [4.78, 5) is 8.88. The van der Waals surface area contributed by atoms with Crippen LogP contribution in [0.2, 0.25) is 0 Å². The number of aromatic nitrogens is 4. The normalized spacial score (nSPS) is 11.2. The molecule has 0 atom stereocenters. The summed E-state index contributed by atoms with van der Waals surface area (Å²) in [5.41, 5.74) is 1.25. The lowest BCUT2D eigenvalue weighted by Crippen LogP contribution is -2.11. The van der Waals surface area contributed by atoms with Crippen LogP contribution >= 0.6 is 0 Å². The van der Waals surface area contributed by atoms with Gasteiger partial charge in [-0.2, -0.15) is 15.1 Å². The third-order valence-corrected chi connectivity index (χ3v) is 3.43. The van der Waals surface area contributed by atoms with E-state index in [1.54, 1.807) is 23.0 Å². The minimum atomic E-state index is -0.332. The van der Waals surface area contributed by atoms with Crippen LogP contribution in [0.4, 0.5) is 21.8 Å². The molecule has 0 bridgehead atoms. The maximum atomic E-state index is 13.4. The summed E-state index contributed by atoms with van der Waals surface area (Å²) >= 11 is 0. The number of halogens is 1. The van der Waals surface area contributed by atoms with Gasteiger partial charge in [0.05, 0.1) is 18.2 Å². The highest BCUT2D eigenvalue weighted by atomic mass is 19.1. The van der Waals surface area contributed by atoms with Gasteiger partial charge in [-0.05, 0) is 32.0 Å². The Morgan fingerprint density at radius 1 is 1.29 bits per heavy atom. The molecule has 0 saturated heterocycles. The highest BCUT2D eigenvalue weighted by Crippen LogP contribution is 2.26. The van der Waals surface area contributed by atoms with Crippen LogP contribution in [0.15, 0.2) is 30.5 Å². The molecule has 0 amide bonds. The number of hydrogen-bond acceptors (Lipinski definition) is 6. The molecule has 0 spiro atoms. The number of anilines is 3. The summed E-state index contributed by atoms with van der Waals surface area (Å²) in [5.74, 6) is 0.567. The minimum absolute atomic E-state index is 0.0303. The second-order valence-electron chi connectivity index (χ2n) is 5.60. The van der Waals surface area contributed by atoms with Crippen molar-refractivity contribution >= 4 is 28.5 Å². The van der Waals surface area contributed by atoms with Crippen LogP contribution in [0.25, 0.3) is 11.0 Å². The Hall–Kier alpha value is -2.74. The molecule has 126 valence electrons. The molecule has 2 aromatic heterocycles. The number of rotatable bonds is 6. The van der Waals surface area contributed by atoms with Gasteiger partial charge in [-0.25, -0.2) is 9.07 Å². The molecule has 3 aromatic rings. The number of benzene rings is 1. The van der Waals surface area contributed by atoms with E-state index < -0.39 is 0 Å². The van der Waals surface area contributed by atoms with Gasteiger partial charge in [-0.15, -0.1) is 0 Å². The van der Waals surface area contributed by atoms with Gasteiger partial charge in [-0.1, -0.05) is 6.07 Å². The van der Waals surface area contributed by atoms with Crippen molar-refractivity contribution in [3.63, 3.8) is 0 Å². The highest BCUT2D eigenvalue weighted by Gasteiger charge is 2.15. The Morgan fingerprint density at radius 2 is 2.12 bits per heavy atom. The van der Waals surface area contributed by atoms with E-state index in [2.05, 4.69) is 25.7 Å². The average molecular weight is 330 g/mol. The topological polar surface area (TPSA) is 87.9 Å². The molecule has 7 nitrogen and oxygen atoms in total. The lowest BCUT2D eigenvalue weighted by molar-refractivity contribution is 0.311. The van der Waals surface area contributed by atoms with Gasteiger partial charge in [0, 0.05) is 18.3 Å². The predicted octanol–water partition coefficient (Wildman–Crippen LogP) is 2.69. The van der Waals surface area contributed by atoms with Gasteiger partial charge in [-0.3, -0.25) is 0 Å². The first-order chi connectivity index (χ1) is 11.6. The molecule has 8 heteroatoms. The maximum Gasteiger partial charge on any atom is 0.226 e. The summed E-state index contributed by atoms with van der Waals surface area (Å²) in [6, 6.07) is 6.28. The summed E-state index contributed by atoms with van der Waals surface area (Å²) in [6.45, 7) is 4.32. The van der Waals surface area contributed by atoms with E-state index in [4.69, 9.17) is 5.11 Å². The second kappa shape index (κ2) is 6.79. The number of nitrogens with zero attached hydrogens (tertiary/aromatic N) is 4. The zero-order valence-electron chi connectivity index (χ0n) is 13.5. The molecular formula is C16H19FN6O. The third-order valence-electron chi connectivity index (χ3n) is 3.43. The lowest BCUT2D eigenvalue weighted by atomic mass is 10.3. The number of nitrogens with one attached hydrogen (secondary N) is 2. The van der Waals surface area contributed by atoms with Crippen molar-refractivity contribution in [3.05, 3.63) is 36.3 Å². The molecule has 1 aromatic carbocycles. The van der Waals surface area contributed by atoms with Crippen molar-refractivity contribution in [2.75, 3.05) is 23.8 Å². The van der Waals surface area contributed by atoms with Crippen molar-refractivity contribution in [2.45, 2.75) is 19.9 Å². The van der Waals surface area contributed by atoms with Crippen molar-refractivity contribution in [2.24, 2.45) is 0 Å². The number of aliphatic hydroxyl groups excluding tert-OH is 1. The smallest absolute Gasteiger partial charge is 0.226 e. The SMILES string of the molecule is CC(C)n1ncc2c(Nc3cccc(F)c3)nc(NCCO)nc21. The first-order valence-electron chi connectivity index (χ1n) is 7.71. The van der Waals surface area contributed by atoms with Gasteiger partial charge in [0.1, 0.15) is 11.6 Å². The van der Waals surface area contributed by atoms with Crippen LogP contribution in [0, 0.1) is 5.82 Å². The quantitative estimate of drug-likeness (QED) is 0.644. The Balaban J connectivity index is 2.07. The van der Waals surface area contributed by atoms with Crippen molar-refractivity contribution in [1.82, 2.24) is 19.7 Å². The van der Waals surface area contributed by atoms with Crippen molar-refractivity contribution in [3.8, 4) is 0 Å². The van der Waals surface area contributed by atoms with Crippen molar-refractivity contribution in [1.29, 1.82) is 0 Å². The molecule has 0 unspecified atom stereocenters. The molecule has 3 rings (SSSR count). The first-order valence-corrected chi connectivity index (χ1v) is 7.71. The summed E-state index contributed by atoms with van der Waals surface area (Å²) < 4.78 is 15.2. The molecule has 0 aliphatic heterocycles. The molecule has 0 saturated carbocycles. The lowest BCUT2D eigenvalue weighted by Gasteiger charge is -2.11. The number of fused-ring (bicyclic) bond motifs is 1. The van der Waals surface area contributed by atoms with E-state index in [0.717, 1.165) is 5.39 Å². The molecule has 3 N–H and O–H groups in total. The van der Waals surface area contributed by atoms with E-state index in [9.17, 15) is 4.39 Å². The van der Waals surface area contributed by atoms with Crippen LogP contribution in [-0.2, 0) is 0 Å². The van der Waals surface area contributed by atoms with E-state index >= 15 is 0 Å². The summed E-state index contributed by atoms with van der Waals surface area (Å²) in [7, 11) is 0. The van der Waals surface area contributed by atoms with Gasteiger partial charge in [0.2, 0.25) is 5.95 Å². The van der Waals surface area contributed by atoms with Crippen LogP contribution in [0.3, 0.4) is 0 Å². The fourth-order valence-corrected chi connectivity index (χ4v) is 2.35. The molecule has 0 radical (unpaired) electrons. The zero-order chi connectivity index (χ0) is 17.1. The Bertz CT molecular complexity index is 848. The third kappa shape index (κ3) is 3.28. The largest absolute Gasteiger partial charge is 0.395 e. The van der Waals surface area contributed by atoms with Crippen LogP contribution in [0.1, 0.15) is 19.9 Å². The van der Waals surface area contributed by atoms with E-state index in [-0.39, 0.29) is 18.5 Å². The molecule has 0 aliphatic rings. The predicted molar refractivity (Wildman–Crippen MR) is 91.0 cm³/mol. The van der Waals surface area contributed by atoms with Gasteiger partial charge in [0.25, 0.3) is 0 Å². The van der Waals surface area contributed by atoms with E-state index in [1.807, 2.05) is 13.8 Å². The standard InChI is InChI=1S/C16H19FN6O/c1-10(2)23-15-13(9-19-23)14(21-16(22-15)18-6-7-24)20-12-5-3-4-11(17)8-12/h3-5,8-10,24H,6-7H2,1-2H3,(H2,18,20,21,22). The Labute approximate surface area is 138 Å². The van der Waals surface area contributed by atoms with Gasteiger partial charge < -0.3 is 15.7 Å². The zero-order valence-corrected chi connectivity index (χ0v) is 13.5. The van der Waals surface area contributed by atoms with Crippen molar-refractivity contribution < 1.29 is 9.50 Å². The average Bonchev–Trinajstić information content (AvgIpc) is 2.97. The Kier molecular flexibility index (Phi) is 4.57. The minimum Gasteiger partial charge on any atom is -0.395 e. The van der Waals surface area contributed by atoms with E-state index in [0.29, 0.717) is 29.6 Å². The first kappa shape index (κ1) is 16.1. The Morgan fingerprint density at radius 3 is 2.83 bits per heavy atom. The van der Waals surface area contributed by atoms with Gasteiger partial charge in [0.15, 0.2) is 5.65 Å². The number of hydrogen-bond donors (Lipinski definition) is 3. The summed E-state index contributed by atoms with van der Waals surface area (Å²) in [5, 5.41) is 20.1. The van der Waals surface area contributed by atoms with Crippen LogP contribution < -0.4 is 10.6 Å². The monoisotopic (exact) mass is 330 g/mol. The fourth-order valence-electron chi connectivity index (χ4n) is 2.35. The molecule has 0 fully saturated rings. The highest BCUT2D eigenvalue weighted by molar-refractivity contribution is 5.89.